The van der Waals surface area contributed by atoms with Gasteiger partial charge in [0.2, 0.25) is 0 Å². The van der Waals surface area contributed by atoms with Crippen LogP contribution in [0.25, 0.3) is 0 Å². The molecule has 0 aliphatic rings. The van der Waals surface area contributed by atoms with Crippen molar-refractivity contribution in [3.05, 3.63) is 56.5 Å². The van der Waals surface area contributed by atoms with E-state index in [0.29, 0.717) is 25.2 Å². The molecule has 0 saturated carbocycles. The van der Waals surface area contributed by atoms with Gasteiger partial charge in [0.15, 0.2) is 0 Å². The molecule has 2 aromatic rings. The predicted octanol–water partition coefficient (Wildman–Crippen LogP) is 5.79. The maximum absolute atomic E-state index is 11.8. The fourth-order valence-electron chi connectivity index (χ4n) is 2.19. The molecule has 0 radical (unpaired) electrons. The second-order valence-corrected chi connectivity index (χ2v) is 6.85. The Hall–Kier alpha value is -1.52. The van der Waals surface area contributed by atoms with Crippen LogP contribution >= 0.6 is 27.5 Å². The fraction of sp³-hybridized carbons (Fsp3) is 0.316. The highest BCUT2D eigenvalue weighted by Crippen LogP contribution is 2.35. The lowest BCUT2D eigenvalue weighted by molar-refractivity contribution is -0.134. The summed E-state index contributed by atoms with van der Waals surface area (Å²) in [5.41, 5.74) is 3.04. The highest BCUT2D eigenvalue weighted by molar-refractivity contribution is 9.10. The zero-order chi connectivity index (χ0) is 17.7. The third-order valence-electron chi connectivity index (χ3n) is 3.60. The van der Waals surface area contributed by atoms with Gasteiger partial charge in [0, 0.05) is 11.4 Å². The molecule has 0 saturated heterocycles. The minimum atomic E-state index is -0.259. The number of hydrogen-bond donors (Lipinski definition) is 0. The first kappa shape index (κ1) is 18.8. The number of halogens is 2. The lowest BCUT2D eigenvalue weighted by Crippen LogP contribution is -2.10. The molecule has 0 aliphatic heterocycles. The average molecular weight is 412 g/mol. The highest BCUT2D eigenvalue weighted by Gasteiger charge is 2.11. The van der Waals surface area contributed by atoms with Crippen molar-refractivity contribution in [1.82, 2.24) is 0 Å². The Bertz CT molecular complexity index is 726. The maximum atomic E-state index is 11.8. The molecule has 128 valence electrons. The summed E-state index contributed by atoms with van der Waals surface area (Å²) in [5, 5.41) is 0.732. The van der Waals surface area contributed by atoms with E-state index in [0.717, 1.165) is 31.9 Å². The van der Waals surface area contributed by atoms with Crippen molar-refractivity contribution in [2.45, 2.75) is 33.6 Å². The standard InChI is InChI=1S/C19H20BrClO3/c1-12-6-8-15(9-7-12)24-17(22)5-4-10-23-16-11-13(2)19(21)14(3)18(16)20/h6-9,11H,4-5,10H2,1-3H3. The summed E-state index contributed by atoms with van der Waals surface area (Å²) in [5.74, 6) is 1.05. The van der Waals surface area contributed by atoms with Crippen molar-refractivity contribution in [2.75, 3.05) is 6.61 Å². The first-order valence-electron chi connectivity index (χ1n) is 7.74. The molecule has 5 heteroatoms. The van der Waals surface area contributed by atoms with Crippen LogP contribution in [-0.4, -0.2) is 12.6 Å². The van der Waals surface area contributed by atoms with Crippen molar-refractivity contribution in [2.24, 2.45) is 0 Å². The molecule has 0 amide bonds. The van der Waals surface area contributed by atoms with Gasteiger partial charge in [0.05, 0.1) is 11.1 Å². The second kappa shape index (κ2) is 8.54. The third-order valence-corrected chi connectivity index (χ3v) is 5.17. The van der Waals surface area contributed by atoms with Gasteiger partial charge in [-0.25, -0.2) is 0 Å². The first-order chi connectivity index (χ1) is 11.4. The SMILES string of the molecule is Cc1ccc(OC(=O)CCCOc2cc(C)c(Cl)c(C)c2Br)cc1. The summed E-state index contributed by atoms with van der Waals surface area (Å²) in [6, 6.07) is 9.30. The summed E-state index contributed by atoms with van der Waals surface area (Å²) in [6.45, 7) is 6.29. The predicted molar refractivity (Wildman–Crippen MR) is 100 cm³/mol. The Balaban J connectivity index is 1.81. The van der Waals surface area contributed by atoms with Crippen molar-refractivity contribution >= 4 is 33.5 Å². The third kappa shape index (κ3) is 4.99. The molecule has 0 bridgehead atoms. The maximum Gasteiger partial charge on any atom is 0.311 e. The average Bonchev–Trinajstić information content (AvgIpc) is 2.56. The van der Waals surface area contributed by atoms with Crippen LogP contribution < -0.4 is 9.47 Å². The fourth-order valence-corrected chi connectivity index (χ4v) is 2.88. The van der Waals surface area contributed by atoms with Crippen LogP contribution in [0.15, 0.2) is 34.8 Å². The Kier molecular flexibility index (Phi) is 6.69. The van der Waals surface area contributed by atoms with Crippen LogP contribution in [-0.2, 0) is 4.79 Å². The van der Waals surface area contributed by atoms with E-state index in [-0.39, 0.29) is 5.97 Å². The number of benzene rings is 2. The van der Waals surface area contributed by atoms with Crippen LogP contribution in [0, 0.1) is 20.8 Å². The van der Waals surface area contributed by atoms with E-state index in [2.05, 4.69) is 15.9 Å². The molecule has 0 atom stereocenters. The Morgan fingerprint density at radius 2 is 1.83 bits per heavy atom. The molecule has 2 aromatic carbocycles. The zero-order valence-electron chi connectivity index (χ0n) is 14.0. The number of rotatable bonds is 6. The van der Waals surface area contributed by atoms with Crippen LogP contribution in [0.4, 0.5) is 0 Å². The molecule has 24 heavy (non-hydrogen) atoms. The summed E-state index contributed by atoms with van der Waals surface area (Å²) >= 11 is 9.69. The monoisotopic (exact) mass is 410 g/mol. The molecular weight excluding hydrogens is 392 g/mol. The van der Waals surface area contributed by atoms with Gasteiger partial charge in [-0.3, -0.25) is 4.79 Å². The molecule has 0 heterocycles. The smallest absolute Gasteiger partial charge is 0.311 e. The number of hydrogen-bond acceptors (Lipinski definition) is 3. The molecule has 0 N–H and O–H groups in total. The van der Waals surface area contributed by atoms with E-state index >= 15 is 0 Å². The van der Waals surface area contributed by atoms with Gasteiger partial charge in [-0.1, -0.05) is 29.3 Å². The van der Waals surface area contributed by atoms with Gasteiger partial charge in [0.1, 0.15) is 11.5 Å². The number of ether oxygens (including phenoxy) is 2. The van der Waals surface area contributed by atoms with Gasteiger partial charge < -0.3 is 9.47 Å². The normalized spacial score (nSPS) is 10.5. The molecule has 3 nitrogen and oxygen atoms in total. The van der Waals surface area contributed by atoms with Gasteiger partial charge >= 0.3 is 5.97 Å². The Labute approximate surface area is 156 Å². The number of esters is 1. The van der Waals surface area contributed by atoms with E-state index in [1.165, 1.54) is 0 Å². The van der Waals surface area contributed by atoms with Crippen LogP contribution in [0.5, 0.6) is 11.5 Å². The van der Waals surface area contributed by atoms with Gasteiger partial charge in [-0.2, -0.15) is 0 Å². The van der Waals surface area contributed by atoms with Gasteiger partial charge in [-0.05, 0) is 72.4 Å². The molecule has 0 aliphatic carbocycles. The molecular formula is C19H20BrClO3. The number of carbonyl (C=O) groups excluding carboxylic acids is 1. The largest absolute Gasteiger partial charge is 0.492 e. The molecule has 0 unspecified atom stereocenters. The zero-order valence-corrected chi connectivity index (χ0v) is 16.3. The van der Waals surface area contributed by atoms with E-state index in [9.17, 15) is 4.79 Å². The van der Waals surface area contributed by atoms with Gasteiger partial charge in [-0.15, -0.1) is 0 Å². The van der Waals surface area contributed by atoms with E-state index in [4.69, 9.17) is 21.1 Å². The minimum absolute atomic E-state index is 0.259. The van der Waals surface area contributed by atoms with Crippen molar-refractivity contribution in [3.63, 3.8) is 0 Å². The lowest BCUT2D eigenvalue weighted by atomic mass is 10.1. The summed E-state index contributed by atoms with van der Waals surface area (Å²) in [7, 11) is 0. The molecule has 2 rings (SSSR count). The summed E-state index contributed by atoms with van der Waals surface area (Å²) in [4.78, 5) is 11.8. The summed E-state index contributed by atoms with van der Waals surface area (Å²) in [6.07, 6.45) is 0.884. The Morgan fingerprint density at radius 1 is 1.17 bits per heavy atom. The van der Waals surface area contributed by atoms with Crippen molar-refractivity contribution in [3.8, 4) is 11.5 Å². The quantitative estimate of drug-likeness (QED) is 0.343. The summed E-state index contributed by atoms with van der Waals surface area (Å²) < 4.78 is 11.9. The van der Waals surface area contributed by atoms with Crippen LogP contribution in [0.3, 0.4) is 0 Å². The Morgan fingerprint density at radius 3 is 2.50 bits per heavy atom. The lowest BCUT2D eigenvalue weighted by Gasteiger charge is -2.13. The van der Waals surface area contributed by atoms with E-state index in [1.54, 1.807) is 12.1 Å². The van der Waals surface area contributed by atoms with Gasteiger partial charge in [0.25, 0.3) is 0 Å². The van der Waals surface area contributed by atoms with Crippen molar-refractivity contribution in [1.29, 1.82) is 0 Å². The number of aryl methyl sites for hydroxylation is 2. The molecule has 0 aromatic heterocycles. The number of carbonyl (C=O) groups is 1. The van der Waals surface area contributed by atoms with Crippen LogP contribution in [0.2, 0.25) is 5.02 Å². The van der Waals surface area contributed by atoms with Crippen LogP contribution in [0.1, 0.15) is 29.5 Å². The topological polar surface area (TPSA) is 35.5 Å². The minimum Gasteiger partial charge on any atom is -0.492 e. The first-order valence-corrected chi connectivity index (χ1v) is 8.91. The molecule has 0 fully saturated rings. The second-order valence-electron chi connectivity index (χ2n) is 5.68. The van der Waals surface area contributed by atoms with E-state index in [1.807, 2.05) is 39.0 Å². The highest BCUT2D eigenvalue weighted by atomic mass is 79.9. The van der Waals surface area contributed by atoms with Crippen molar-refractivity contribution < 1.29 is 14.3 Å². The molecule has 0 spiro atoms. The van der Waals surface area contributed by atoms with E-state index < -0.39 is 0 Å².